The molecule has 2 amide bonds. The molecule has 2 saturated heterocycles. The number of carbonyl (C=O) groups excluding carboxylic acids is 2. The van der Waals surface area contributed by atoms with Gasteiger partial charge in [-0.05, 0) is 56.4 Å². The van der Waals surface area contributed by atoms with Crippen LogP contribution >= 0.6 is 11.6 Å². The van der Waals surface area contributed by atoms with Gasteiger partial charge in [0.05, 0.1) is 4.90 Å². The molecule has 1 N–H and O–H groups in total. The van der Waals surface area contributed by atoms with Gasteiger partial charge in [0.1, 0.15) is 6.04 Å². The van der Waals surface area contributed by atoms with E-state index < -0.39 is 16.1 Å². The minimum atomic E-state index is -3.57. The lowest BCUT2D eigenvalue weighted by Crippen LogP contribution is -2.49. The van der Waals surface area contributed by atoms with E-state index >= 15 is 0 Å². The summed E-state index contributed by atoms with van der Waals surface area (Å²) >= 11 is 6.18. The van der Waals surface area contributed by atoms with Gasteiger partial charge in [0.2, 0.25) is 21.8 Å². The van der Waals surface area contributed by atoms with Crippen molar-refractivity contribution >= 4 is 33.4 Å². The number of nitrogens with one attached hydrogen (secondary N) is 1. The number of sulfonamides is 1. The Kier molecular flexibility index (Phi) is 7.60. The van der Waals surface area contributed by atoms with Gasteiger partial charge in [-0.25, -0.2) is 8.42 Å². The fourth-order valence-electron chi connectivity index (χ4n) is 4.68. The van der Waals surface area contributed by atoms with Crippen molar-refractivity contribution in [3.8, 4) is 0 Å². The molecule has 0 radical (unpaired) electrons. The zero-order valence-electron chi connectivity index (χ0n) is 19.2. The molecule has 2 fully saturated rings. The summed E-state index contributed by atoms with van der Waals surface area (Å²) in [6.07, 6.45) is 2.31. The zero-order chi connectivity index (χ0) is 24.3. The number of rotatable bonds is 6. The van der Waals surface area contributed by atoms with Crippen LogP contribution in [0.15, 0.2) is 53.4 Å². The second-order valence-electron chi connectivity index (χ2n) is 8.99. The fourth-order valence-corrected chi connectivity index (χ4v) is 6.35. The number of halogens is 1. The van der Waals surface area contributed by atoms with Crippen molar-refractivity contribution in [3.05, 3.63) is 64.7 Å². The molecule has 4 rings (SSSR count). The Morgan fingerprint density at radius 1 is 1.00 bits per heavy atom. The highest BCUT2D eigenvalue weighted by Gasteiger charge is 2.39. The van der Waals surface area contributed by atoms with Crippen LogP contribution in [-0.2, 0) is 26.2 Å². The van der Waals surface area contributed by atoms with Crippen LogP contribution in [0.1, 0.15) is 36.8 Å². The molecular formula is C25H30ClN3O4S. The number of likely N-dealkylation sites (tertiary alicyclic amines) is 1. The van der Waals surface area contributed by atoms with E-state index in [0.29, 0.717) is 50.5 Å². The van der Waals surface area contributed by atoms with E-state index in [-0.39, 0.29) is 22.6 Å². The highest BCUT2D eigenvalue weighted by atomic mass is 35.5. The molecule has 2 aromatic rings. The van der Waals surface area contributed by atoms with Gasteiger partial charge in [0.25, 0.3) is 0 Å². The van der Waals surface area contributed by atoms with Crippen LogP contribution in [0, 0.1) is 12.8 Å². The SMILES string of the molecule is Cc1ccc(S(=O)(=O)N2CCC(C(=O)N3CCC[C@H]3C(=O)NCc3ccccc3Cl)CC2)cc1. The molecule has 0 unspecified atom stereocenters. The third-order valence-electron chi connectivity index (χ3n) is 6.71. The molecule has 2 aliphatic heterocycles. The number of hydrogen-bond donors (Lipinski definition) is 1. The normalized spacial score (nSPS) is 19.8. The van der Waals surface area contributed by atoms with Crippen LogP contribution < -0.4 is 5.32 Å². The molecule has 0 bridgehead atoms. The molecule has 0 spiro atoms. The first-order valence-corrected chi connectivity index (χ1v) is 13.5. The summed E-state index contributed by atoms with van der Waals surface area (Å²) in [5.74, 6) is -0.505. The predicted octanol–water partition coefficient (Wildman–Crippen LogP) is 3.36. The Morgan fingerprint density at radius 3 is 2.35 bits per heavy atom. The second-order valence-corrected chi connectivity index (χ2v) is 11.3. The quantitative estimate of drug-likeness (QED) is 0.655. The van der Waals surface area contributed by atoms with Gasteiger partial charge in [-0.2, -0.15) is 4.31 Å². The number of benzene rings is 2. The Balaban J connectivity index is 1.34. The maximum atomic E-state index is 13.3. The second kappa shape index (κ2) is 10.5. The van der Waals surface area contributed by atoms with E-state index in [1.165, 1.54) is 4.31 Å². The standard InChI is InChI=1S/C25H30ClN3O4S/c1-18-8-10-21(11-9-18)34(32,33)28-15-12-19(13-16-28)25(31)29-14-4-7-23(29)24(30)27-17-20-5-2-3-6-22(20)26/h2-3,5-6,8-11,19,23H,4,7,12-17H2,1H3,(H,27,30)/t23-/m0/s1. The lowest BCUT2D eigenvalue weighted by molar-refractivity contribution is -0.142. The van der Waals surface area contributed by atoms with E-state index in [4.69, 9.17) is 11.6 Å². The number of nitrogens with zero attached hydrogens (tertiary/aromatic N) is 2. The zero-order valence-corrected chi connectivity index (χ0v) is 20.8. The van der Waals surface area contributed by atoms with Crippen LogP contribution in [0.25, 0.3) is 0 Å². The lowest BCUT2D eigenvalue weighted by atomic mass is 9.96. The first-order chi connectivity index (χ1) is 16.3. The van der Waals surface area contributed by atoms with Crippen molar-refractivity contribution in [2.75, 3.05) is 19.6 Å². The van der Waals surface area contributed by atoms with E-state index in [0.717, 1.165) is 17.5 Å². The monoisotopic (exact) mass is 503 g/mol. The minimum absolute atomic E-state index is 0.0530. The Morgan fingerprint density at radius 2 is 1.68 bits per heavy atom. The van der Waals surface area contributed by atoms with E-state index in [9.17, 15) is 18.0 Å². The van der Waals surface area contributed by atoms with Gasteiger partial charge in [-0.1, -0.05) is 47.5 Å². The number of aryl methyl sites for hydroxylation is 1. The summed E-state index contributed by atoms with van der Waals surface area (Å²) < 4.78 is 27.4. The van der Waals surface area contributed by atoms with Gasteiger partial charge in [0.15, 0.2) is 0 Å². The minimum Gasteiger partial charge on any atom is -0.350 e. The van der Waals surface area contributed by atoms with Crippen molar-refractivity contribution in [2.24, 2.45) is 5.92 Å². The summed E-state index contributed by atoms with van der Waals surface area (Å²) in [7, 11) is -3.57. The van der Waals surface area contributed by atoms with Crippen molar-refractivity contribution in [3.63, 3.8) is 0 Å². The van der Waals surface area contributed by atoms with Crippen molar-refractivity contribution < 1.29 is 18.0 Å². The average molecular weight is 504 g/mol. The van der Waals surface area contributed by atoms with E-state index in [2.05, 4.69) is 5.32 Å². The van der Waals surface area contributed by atoms with E-state index in [1.807, 2.05) is 25.1 Å². The lowest BCUT2D eigenvalue weighted by Gasteiger charge is -2.34. The molecule has 2 aliphatic rings. The van der Waals surface area contributed by atoms with Crippen LogP contribution in [-0.4, -0.2) is 55.1 Å². The Hall–Kier alpha value is -2.42. The maximum absolute atomic E-state index is 13.3. The number of carbonyl (C=O) groups is 2. The van der Waals surface area contributed by atoms with Crippen LogP contribution in [0.4, 0.5) is 0 Å². The third kappa shape index (κ3) is 5.29. The molecule has 1 atom stereocenters. The number of amides is 2. The smallest absolute Gasteiger partial charge is 0.243 e. The molecule has 0 aromatic heterocycles. The summed E-state index contributed by atoms with van der Waals surface area (Å²) in [5.41, 5.74) is 1.83. The van der Waals surface area contributed by atoms with Crippen LogP contribution in [0.5, 0.6) is 0 Å². The van der Waals surface area contributed by atoms with Gasteiger partial charge in [-0.15, -0.1) is 0 Å². The maximum Gasteiger partial charge on any atom is 0.243 e. The number of piperidine rings is 1. The van der Waals surface area contributed by atoms with Gasteiger partial charge in [0, 0.05) is 37.1 Å². The molecular weight excluding hydrogens is 474 g/mol. The fraction of sp³-hybridized carbons (Fsp3) is 0.440. The molecule has 2 aromatic carbocycles. The highest BCUT2D eigenvalue weighted by molar-refractivity contribution is 7.89. The van der Waals surface area contributed by atoms with Gasteiger partial charge >= 0.3 is 0 Å². The molecule has 182 valence electrons. The van der Waals surface area contributed by atoms with Crippen molar-refractivity contribution in [2.45, 2.75) is 50.1 Å². The Bertz CT molecular complexity index is 1150. The first-order valence-electron chi connectivity index (χ1n) is 11.7. The summed E-state index contributed by atoms with van der Waals surface area (Å²) in [6.45, 7) is 3.36. The van der Waals surface area contributed by atoms with Gasteiger partial charge in [-0.3, -0.25) is 9.59 Å². The third-order valence-corrected chi connectivity index (χ3v) is 8.99. The van der Waals surface area contributed by atoms with Crippen LogP contribution in [0.2, 0.25) is 5.02 Å². The average Bonchev–Trinajstić information content (AvgIpc) is 3.33. The molecule has 0 saturated carbocycles. The molecule has 2 heterocycles. The topological polar surface area (TPSA) is 86.8 Å². The molecule has 9 heteroatoms. The summed E-state index contributed by atoms with van der Waals surface area (Å²) in [5, 5.41) is 3.51. The first kappa shape index (κ1) is 24.7. The van der Waals surface area contributed by atoms with E-state index in [1.54, 1.807) is 35.2 Å². The van der Waals surface area contributed by atoms with Gasteiger partial charge < -0.3 is 10.2 Å². The summed E-state index contributed by atoms with van der Waals surface area (Å²) in [6, 6.07) is 13.7. The molecule has 0 aliphatic carbocycles. The molecule has 34 heavy (non-hydrogen) atoms. The highest BCUT2D eigenvalue weighted by Crippen LogP contribution is 2.28. The van der Waals surface area contributed by atoms with Crippen molar-refractivity contribution in [1.29, 1.82) is 0 Å². The molecule has 7 nitrogen and oxygen atoms in total. The van der Waals surface area contributed by atoms with Crippen LogP contribution in [0.3, 0.4) is 0 Å². The largest absolute Gasteiger partial charge is 0.350 e. The number of hydrogen-bond acceptors (Lipinski definition) is 4. The van der Waals surface area contributed by atoms with Crippen molar-refractivity contribution in [1.82, 2.24) is 14.5 Å². The predicted molar refractivity (Wildman–Crippen MR) is 131 cm³/mol. The Labute approximate surface area is 206 Å². The summed E-state index contributed by atoms with van der Waals surface area (Å²) in [4.78, 5) is 28.1.